The minimum Gasteiger partial charge on any atom is -0.387 e. The number of nitrogens with zero attached hydrogens (tertiary/aromatic N) is 1. The first-order valence-electron chi connectivity index (χ1n) is 7.12. The third kappa shape index (κ3) is 4.60. The van der Waals surface area contributed by atoms with Crippen molar-refractivity contribution in [1.82, 2.24) is 5.32 Å². The molecule has 0 spiro atoms. The Morgan fingerprint density at radius 2 is 1.90 bits per heavy atom. The Bertz CT molecular complexity index is 554. The number of rotatable bonds is 4. The summed E-state index contributed by atoms with van der Waals surface area (Å²) in [5, 5.41) is 14.8. The van der Waals surface area contributed by atoms with E-state index in [1.54, 1.807) is 0 Å². The van der Waals surface area contributed by atoms with Crippen LogP contribution in [0.15, 0.2) is 36.0 Å². The largest absolute Gasteiger partial charge is 0.387 e. The molecule has 1 aromatic carbocycles. The molecule has 0 atom stereocenters. The molecule has 0 unspecified atom stereocenters. The second-order valence-corrected chi connectivity index (χ2v) is 5.13. The maximum absolute atomic E-state index is 12.8. The van der Waals surface area contributed by atoms with Gasteiger partial charge in [-0.2, -0.15) is 5.26 Å². The van der Waals surface area contributed by atoms with E-state index in [4.69, 9.17) is 5.26 Å². The van der Waals surface area contributed by atoms with Gasteiger partial charge in [0.25, 0.3) is 5.91 Å². The molecule has 1 fully saturated rings. The van der Waals surface area contributed by atoms with Crippen molar-refractivity contribution in [1.29, 1.82) is 5.26 Å². The molecule has 1 aromatic rings. The average Bonchev–Trinajstić information content (AvgIpc) is 2.51. The number of halogens is 1. The van der Waals surface area contributed by atoms with Gasteiger partial charge in [0.05, 0.1) is 0 Å². The van der Waals surface area contributed by atoms with E-state index in [1.807, 2.05) is 6.07 Å². The Labute approximate surface area is 123 Å². The van der Waals surface area contributed by atoms with Crippen LogP contribution in [-0.4, -0.2) is 11.9 Å². The number of carbonyl (C=O) groups is 1. The van der Waals surface area contributed by atoms with E-state index in [2.05, 4.69) is 10.6 Å². The molecule has 110 valence electrons. The van der Waals surface area contributed by atoms with Crippen molar-refractivity contribution >= 4 is 11.6 Å². The first-order chi connectivity index (χ1) is 10.2. The van der Waals surface area contributed by atoms with Gasteiger partial charge in [0.15, 0.2) is 0 Å². The normalized spacial score (nSPS) is 16.1. The molecule has 0 aliphatic heterocycles. The summed E-state index contributed by atoms with van der Waals surface area (Å²) in [7, 11) is 0. The van der Waals surface area contributed by atoms with E-state index in [1.165, 1.54) is 49.7 Å². The van der Waals surface area contributed by atoms with Gasteiger partial charge in [0, 0.05) is 17.9 Å². The van der Waals surface area contributed by atoms with E-state index in [0.717, 1.165) is 12.8 Å². The highest BCUT2D eigenvalue weighted by molar-refractivity contribution is 6.06. The Balaban J connectivity index is 1.94. The summed E-state index contributed by atoms with van der Waals surface area (Å²) >= 11 is 0. The van der Waals surface area contributed by atoms with E-state index in [-0.39, 0.29) is 11.4 Å². The molecule has 21 heavy (non-hydrogen) atoms. The zero-order chi connectivity index (χ0) is 15.1. The first kappa shape index (κ1) is 15.0. The lowest BCUT2D eigenvalue weighted by Crippen LogP contribution is -2.28. The topological polar surface area (TPSA) is 64.9 Å². The SMILES string of the molecule is N#C/C(=C/NC1CCCCC1)C(=O)Nc1ccc(F)cc1. The van der Waals surface area contributed by atoms with Crippen LogP contribution in [0.2, 0.25) is 0 Å². The number of nitrogens with one attached hydrogen (secondary N) is 2. The second kappa shape index (κ2) is 7.44. The Morgan fingerprint density at radius 1 is 1.24 bits per heavy atom. The fourth-order valence-electron chi connectivity index (χ4n) is 2.35. The molecule has 0 saturated heterocycles. The van der Waals surface area contributed by atoms with Crippen molar-refractivity contribution in [2.75, 3.05) is 5.32 Å². The Morgan fingerprint density at radius 3 is 2.52 bits per heavy atom. The lowest BCUT2D eigenvalue weighted by molar-refractivity contribution is -0.112. The summed E-state index contributed by atoms with van der Waals surface area (Å²) < 4.78 is 12.8. The molecule has 0 radical (unpaired) electrons. The monoisotopic (exact) mass is 287 g/mol. The van der Waals surface area contributed by atoms with Crippen LogP contribution in [0.4, 0.5) is 10.1 Å². The molecule has 1 aliphatic rings. The van der Waals surface area contributed by atoms with Crippen molar-refractivity contribution in [3.8, 4) is 6.07 Å². The maximum Gasteiger partial charge on any atom is 0.267 e. The van der Waals surface area contributed by atoms with Gasteiger partial charge < -0.3 is 10.6 Å². The third-order valence-corrected chi connectivity index (χ3v) is 3.54. The van der Waals surface area contributed by atoms with Gasteiger partial charge >= 0.3 is 0 Å². The minimum atomic E-state index is -0.493. The minimum absolute atomic E-state index is 0.0184. The molecular formula is C16H18FN3O. The summed E-state index contributed by atoms with van der Waals surface area (Å²) in [6.45, 7) is 0. The van der Waals surface area contributed by atoms with E-state index < -0.39 is 5.91 Å². The number of amides is 1. The number of hydrogen-bond donors (Lipinski definition) is 2. The fraction of sp³-hybridized carbons (Fsp3) is 0.375. The number of benzene rings is 1. The first-order valence-corrected chi connectivity index (χ1v) is 7.12. The van der Waals surface area contributed by atoms with Gasteiger partial charge in [-0.15, -0.1) is 0 Å². The molecule has 5 heteroatoms. The van der Waals surface area contributed by atoms with E-state index in [9.17, 15) is 9.18 Å². The zero-order valence-electron chi connectivity index (χ0n) is 11.7. The lowest BCUT2D eigenvalue weighted by atomic mass is 9.96. The summed E-state index contributed by atoms with van der Waals surface area (Å²) in [5.41, 5.74) is 0.477. The van der Waals surface area contributed by atoms with Crippen LogP contribution in [0.3, 0.4) is 0 Å². The third-order valence-electron chi connectivity index (χ3n) is 3.54. The standard InChI is InChI=1S/C16H18FN3O/c17-13-6-8-15(9-7-13)20-16(21)12(10-18)11-19-14-4-2-1-3-5-14/h6-9,11,14,19H,1-5H2,(H,20,21)/b12-11-. The molecular weight excluding hydrogens is 269 g/mol. The van der Waals surface area contributed by atoms with Crippen molar-refractivity contribution in [2.45, 2.75) is 38.1 Å². The molecule has 0 bridgehead atoms. The summed E-state index contributed by atoms with van der Waals surface area (Å²) in [5.74, 6) is -0.865. The van der Waals surface area contributed by atoms with Crippen LogP contribution in [0.25, 0.3) is 0 Å². The van der Waals surface area contributed by atoms with Gasteiger partial charge in [-0.3, -0.25) is 4.79 Å². The van der Waals surface area contributed by atoms with Crippen molar-refractivity contribution < 1.29 is 9.18 Å². The van der Waals surface area contributed by atoms with Crippen molar-refractivity contribution in [3.63, 3.8) is 0 Å². The Kier molecular flexibility index (Phi) is 5.33. The average molecular weight is 287 g/mol. The summed E-state index contributed by atoms with van der Waals surface area (Å²) in [6.07, 6.45) is 7.21. The highest BCUT2D eigenvalue weighted by Crippen LogP contribution is 2.17. The molecule has 1 saturated carbocycles. The number of carbonyl (C=O) groups excluding carboxylic acids is 1. The van der Waals surface area contributed by atoms with Gasteiger partial charge in [-0.05, 0) is 37.1 Å². The quantitative estimate of drug-likeness (QED) is 0.660. The van der Waals surface area contributed by atoms with Gasteiger partial charge in [0.1, 0.15) is 17.5 Å². The van der Waals surface area contributed by atoms with E-state index >= 15 is 0 Å². The lowest BCUT2D eigenvalue weighted by Gasteiger charge is -2.21. The molecule has 0 heterocycles. The number of hydrogen-bond acceptors (Lipinski definition) is 3. The predicted molar refractivity (Wildman–Crippen MR) is 78.7 cm³/mol. The summed E-state index contributed by atoms with van der Waals surface area (Å²) in [4.78, 5) is 12.0. The molecule has 1 aliphatic carbocycles. The van der Waals surface area contributed by atoms with Crippen LogP contribution in [0, 0.1) is 17.1 Å². The number of anilines is 1. The van der Waals surface area contributed by atoms with Crippen LogP contribution in [0.1, 0.15) is 32.1 Å². The van der Waals surface area contributed by atoms with Crippen LogP contribution in [0.5, 0.6) is 0 Å². The van der Waals surface area contributed by atoms with Gasteiger partial charge in [-0.1, -0.05) is 19.3 Å². The van der Waals surface area contributed by atoms with Crippen LogP contribution >= 0.6 is 0 Å². The highest BCUT2D eigenvalue weighted by atomic mass is 19.1. The van der Waals surface area contributed by atoms with Crippen molar-refractivity contribution in [3.05, 3.63) is 41.9 Å². The maximum atomic E-state index is 12.8. The number of nitriles is 1. The van der Waals surface area contributed by atoms with Crippen molar-refractivity contribution in [2.24, 2.45) is 0 Å². The molecule has 2 rings (SSSR count). The van der Waals surface area contributed by atoms with E-state index in [0.29, 0.717) is 11.7 Å². The van der Waals surface area contributed by atoms with Crippen LogP contribution in [-0.2, 0) is 4.79 Å². The van der Waals surface area contributed by atoms with Gasteiger partial charge in [0.2, 0.25) is 0 Å². The highest BCUT2D eigenvalue weighted by Gasteiger charge is 2.14. The smallest absolute Gasteiger partial charge is 0.267 e. The summed E-state index contributed by atoms with van der Waals surface area (Å²) in [6, 6.07) is 7.64. The second-order valence-electron chi connectivity index (χ2n) is 5.13. The zero-order valence-corrected chi connectivity index (χ0v) is 11.7. The molecule has 4 nitrogen and oxygen atoms in total. The van der Waals surface area contributed by atoms with Gasteiger partial charge in [-0.25, -0.2) is 4.39 Å². The molecule has 1 amide bonds. The fourth-order valence-corrected chi connectivity index (χ4v) is 2.35. The molecule has 0 aromatic heterocycles. The Hall–Kier alpha value is -2.35. The molecule has 2 N–H and O–H groups in total. The predicted octanol–water partition coefficient (Wildman–Crippen LogP) is 3.09. The van der Waals surface area contributed by atoms with Crippen LogP contribution < -0.4 is 10.6 Å².